The van der Waals surface area contributed by atoms with Crippen LogP contribution in [-0.2, 0) is 11.3 Å². The maximum absolute atomic E-state index is 13.0. The SMILES string of the molecule is CCN(C(=O)OC(C)(C)C)[C@@H](C)Cn1cc(-c2ccc(F)cc2)nn1. The Labute approximate surface area is 147 Å². The molecule has 0 fully saturated rings. The van der Waals surface area contributed by atoms with Crippen molar-refractivity contribution < 1.29 is 13.9 Å². The third-order valence-corrected chi connectivity index (χ3v) is 3.63. The summed E-state index contributed by atoms with van der Waals surface area (Å²) in [5.41, 5.74) is 0.917. The van der Waals surface area contributed by atoms with Crippen molar-refractivity contribution in [2.75, 3.05) is 6.54 Å². The molecule has 6 nitrogen and oxygen atoms in total. The van der Waals surface area contributed by atoms with E-state index in [-0.39, 0.29) is 18.0 Å². The molecule has 0 unspecified atom stereocenters. The molecule has 0 aliphatic carbocycles. The van der Waals surface area contributed by atoms with Crippen LogP contribution in [0.2, 0.25) is 0 Å². The molecule has 1 heterocycles. The molecule has 0 spiro atoms. The van der Waals surface area contributed by atoms with Crippen LogP contribution in [0.15, 0.2) is 30.5 Å². The van der Waals surface area contributed by atoms with Gasteiger partial charge in [-0.15, -0.1) is 5.10 Å². The highest BCUT2D eigenvalue weighted by Gasteiger charge is 2.25. The highest BCUT2D eigenvalue weighted by molar-refractivity contribution is 5.68. The van der Waals surface area contributed by atoms with E-state index < -0.39 is 5.60 Å². The fourth-order valence-electron chi connectivity index (χ4n) is 2.45. The average molecular weight is 348 g/mol. The number of likely N-dealkylation sites (N-methyl/N-ethyl adjacent to an activating group) is 1. The van der Waals surface area contributed by atoms with Crippen LogP contribution in [-0.4, -0.2) is 44.2 Å². The lowest BCUT2D eigenvalue weighted by atomic mass is 10.2. The van der Waals surface area contributed by atoms with E-state index in [1.807, 2.05) is 34.6 Å². The molecule has 25 heavy (non-hydrogen) atoms. The Balaban J connectivity index is 2.05. The summed E-state index contributed by atoms with van der Waals surface area (Å²) in [5, 5.41) is 8.21. The molecular weight excluding hydrogens is 323 g/mol. The first-order valence-corrected chi connectivity index (χ1v) is 8.35. The minimum atomic E-state index is -0.534. The van der Waals surface area contributed by atoms with Gasteiger partial charge in [-0.25, -0.2) is 13.9 Å². The van der Waals surface area contributed by atoms with Crippen LogP contribution in [0.3, 0.4) is 0 Å². The first-order valence-electron chi connectivity index (χ1n) is 8.35. The molecule has 0 radical (unpaired) electrons. The second kappa shape index (κ2) is 7.63. The van der Waals surface area contributed by atoms with Gasteiger partial charge in [-0.05, 0) is 58.9 Å². The molecular formula is C18H25FN4O2. The van der Waals surface area contributed by atoms with Gasteiger partial charge in [0.2, 0.25) is 0 Å². The lowest BCUT2D eigenvalue weighted by molar-refractivity contribution is 0.0170. The number of halogens is 1. The molecule has 1 atom stereocenters. The molecule has 0 aliphatic rings. The predicted octanol–water partition coefficient (Wildman–Crippen LogP) is 3.73. The first-order chi connectivity index (χ1) is 11.7. The van der Waals surface area contributed by atoms with Gasteiger partial charge in [0.05, 0.1) is 18.8 Å². The molecule has 1 amide bonds. The molecule has 0 saturated heterocycles. The summed E-state index contributed by atoms with van der Waals surface area (Å²) in [6.07, 6.45) is 1.44. The second-order valence-corrected chi connectivity index (χ2v) is 6.95. The van der Waals surface area contributed by atoms with Crippen LogP contribution in [0.5, 0.6) is 0 Å². The van der Waals surface area contributed by atoms with Crippen molar-refractivity contribution in [2.45, 2.75) is 52.8 Å². The van der Waals surface area contributed by atoms with Gasteiger partial charge in [0, 0.05) is 12.1 Å². The molecule has 0 aliphatic heterocycles. The van der Waals surface area contributed by atoms with Gasteiger partial charge < -0.3 is 9.64 Å². The number of nitrogens with zero attached hydrogens (tertiary/aromatic N) is 4. The smallest absolute Gasteiger partial charge is 0.410 e. The summed E-state index contributed by atoms with van der Waals surface area (Å²) in [4.78, 5) is 14.0. The highest BCUT2D eigenvalue weighted by Crippen LogP contribution is 2.17. The maximum atomic E-state index is 13.0. The molecule has 0 N–H and O–H groups in total. The number of aromatic nitrogens is 3. The summed E-state index contributed by atoms with van der Waals surface area (Å²) >= 11 is 0. The monoisotopic (exact) mass is 348 g/mol. The van der Waals surface area contributed by atoms with Crippen LogP contribution in [0.4, 0.5) is 9.18 Å². The lowest BCUT2D eigenvalue weighted by Gasteiger charge is -2.30. The van der Waals surface area contributed by atoms with Crippen LogP contribution in [0, 0.1) is 5.82 Å². The summed E-state index contributed by atoms with van der Waals surface area (Å²) in [5.74, 6) is -0.291. The standard InChI is InChI=1S/C18H25FN4O2/c1-6-23(17(24)25-18(3,4)5)13(2)11-22-12-16(20-21-22)14-7-9-15(19)10-8-14/h7-10,12-13H,6,11H2,1-5H3/t13-/m0/s1. The number of ether oxygens (including phenoxy) is 1. The zero-order valence-corrected chi connectivity index (χ0v) is 15.4. The number of carbonyl (C=O) groups excluding carboxylic acids is 1. The fourth-order valence-corrected chi connectivity index (χ4v) is 2.45. The molecule has 2 aromatic rings. The highest BCUT2D eigenvalue weighted by atomic mass is 19.1. The van der Waals surface area contributed by atoms with Crippen LogP contribution >= 0.6 is 0 Å². The van der Waals surface area contributed by atoms with Crippen molar-refractivity contribution >= 4 is 6.09 Å². The van der Waals surface area contributed by atoms with Crippen LogP contribution in [0.25, 0.3) is 11.3 Å². The summed E-state index contributed by atoms with van der Waals surface area (Å²) in [7, 11) is 0. The Hall–Kier alpha value is -2.44. The Morgan fingerprint density at radius 2 is 1.96 bits per heavy atom. The number of benzene rings is 1. The third kappa shape index (κ3) is 5.27. The summed E-state index contributed by atoms with van der Waals surface area (Å²) < 4.78 is 20.1. The van der Waals surface area contributed by atoms with E-state index in [9.17, 15) is 9.18 Å². The van der Waals surface area contributed by atoms with Gasteiger partial charge in [0.1, 0.15) is 17.1 Å². The number of amides is 1. The van der Waals surface area contributed by atoms with Crippen molar-refractivity contribution in [1.82, 2.24) is 19.9 Å². The number of hydrogen-bond acceptors (Lipinski definition) is 4. The molecule has 1 aromatic heterocycles. The number of hydrogen-bond donors (Lipinski definition) is 0. The number of rotatable bonds is 5. The van der Waals surface area contributed by atoms with E-state index in [1.165, 1.54) is 12.1 Å². The Morgan fingerprint density at radius 3 is 2.52 bits per heavy atom. The Kier molecular flexibility index (Phi) is 5.77. The molecule has 1 aromatic carbocycles. The van der Waals surface area contributed by atoms with E-state index in [1.54, 1.807) is 27.9 Å². The van der Waals surface area contributed by atoms with Gasteiger partial charge >= 0.3 is 6.09 Å². The molecule has 0 saturated carbocycles. The third-order valence-electron chi connectivity index (χ3n) is 3.63. The molecule has 136 valence electrons. The van der Waals surface area contributed by atoms with Crippen molar-refractivity contribution in [3.63, 3.8) is 0 Å². The van der Waals surface area contributed by atoms with E-state index in [4.69, 9.17) is 4.74 Å². The van der Waals surface area contributed by atoms with Gasteiger partial charge in [-0.2, -0.15) is 0 Å². The summed E-state index contributed by atoms with van der Waals surface area (Å²) in [6.45, 7) is 10.4. The number of carbonyl (C=O) groups is 1. The topological polar surface area (TPSA) is 60.2 Å². The van der Waals surface area contributed by atoms with Gasteiger partial charge in [-0.1, -0.05) is 5.21 Å². The minimum absolute atomic E-state index is 0.109. The van der Waals surface area contributed by atoms with E-state index in [2.05, 4.69) is 10.3 Å². The predicted molar refractivity (Wildman–Crippen MR) is 93.5 cm³/mol. The second-order valence-electron chi connectivity index (χ2n) is 6.95. The van der Waals surface area contributed by atoms with Crippen molar-refractivity contribution in [3.8, 4) is 11.3 Å². The first kappa shape index (κ1) is 18.9. The largest absolute Gasteiger partial charge is 0.444 e. The van der Waals surface area contributed by atoms with Crippen LogP contribution in [0.1, 0.15) is 34.6 Å². The van der Waals surface area contributed by atoms with Crippen molar-refractivity contribution in [3.05, 3.63) is 36.3 Å². The van der Waals surface area contributed by atoms with E-state index in [0.29, 0.717) is 18.8 Å². The maximum Gasteiger partial charge on any atom is 0.410 e. The molecule has 7 heteroatoms. The summed E-state index contributed by atoms with van der Waals surface area (Å²) in [6, 6.07) is 5.98. The van der Waals surface area contributed by atoms with E-state index in [0.717, 1.165) is 5.56 Å². The normalized spacial score (nSPS) is 12.7. The Bertz CT molecular complexity index is 707. The average Bonchev–Trinajstić information content (AvgIpc) is 2.95. The van der Waals surface area contributed by atoms with Crippen molar-refractivity contribution in [1.29, 1.82) is 0 Å². The van der Waals surface area contributed by atoms with Gasteiger partial charge in [0.25, 0.3) is 0 Å². The molecule has 2 rings (SSSR count). The molecule has 0 bridgehead atoms. The Morgan fingerprint density at radius 1 is 1.32 bits per heavy atom. The van der Waals surface area contributed by atoms with Gasteiger partial charge in [-0.3, -0.25) is 0 Å². The fraction of sp³-hybridized carbons (Fsp3) is 0.500. The minimum Gasteiger partial charge on any atom is -0.444 e. The quantitative estimate of drug-likeness (QED) is 0.826. The zero-order chi connectivity index (χ0) is 18.6. The van der Waals surface area contributed by atoms with Crippen LogP contribution < -0.4 is 0 Å². The van der Waals surface area contributed by atoms with Crippen molar-refractivity contribution in [2.24, 2.45) is 0 Å². The van der Waals surface area contributed by atoms with Gasteiger partial charge in [0.15, 0.2) is 0 Å². The van der Waals surface area contributed by atoms with E-state index >= 15 is 0 Å². The lowest BCUT2D eigenvalue weighted by Crippen LogP contribution is -2.43. The zero-order valence-electron chi connectivity index (χ0n) is 15.4.